The zero-order chi connectivity index (χ0) is 9.94. The second-order valence-corrected chi connectivity index (χ2v) is 3.81. The molecule has 0 amide bonds. The minimum atomic E-state index is -2.35. The van der Waals surface area contributed by atoms with Gasteiger partial charge in [-0.05, 0) is 5.75 Å². The first-order valence-corrected chi connectivity index (χ1v) is 5.57. The highest BCUT2D eigenvalue weighted by molar-refractivity contribution is 7.99. The lowest BCUT2D eigenvalue weighted by atomic mass is 10.6. The number of hydrogen-bond donors (Lipinski definition) is 1. The number of nitrogens with one attached hydrogen (secondary N) is 1. The molecule has 0 rings (SSSR count). The molecule has 0 aliphatic rings. The van der Waals surface area contributed by atoms with E-state index in [4.69, 9.17) is 0 Å². The molecule has 0 unspecified atom stereocenters. The van der Waals surface area contributed by atoms with Gasteiger partial charge in [-0.3, -0.25) is 0 Å². The highest BCUT2D eigenvalue weighted by atomic mass is 32.2. The lowest BCUT2D eigenvalue weighted by molar-refractivity contribution is 0.0189. The van der Waals surface area contributed by atoms with Gasteiger partial charge in [-0.25, -0.2) is 8.78 Å². The molecule has 0 spiro atoms. The Morgan fingerprint density at radius 2 is 2.15 bits per heavy atom. The molecule has 0 radical (unpaired) electrons. The summed E-state index contributed by atoms with van der Waals surface area (Å²) in [7, 11) is 0. The zero-order valence-electron chi connectivity index (χ0n) is 7.89. The maximum Gasteiger partial charge on any atom is 0.261 e. The second kappa shape index (κ2) is 10.2. The fraction of sp³-hybridized carbons (Fsp3) is 1.00. The molecule has 2 nitrogen and oxygen atoms in total. The highest BCUT2D eigenvalue weighted by Crippen LogP contribution is 1.95. The molecule has 0 aromatic heterocycles. The van der Waals surface area contributed by atoms with Crippen LogP contribution in [0.25, 0.3) is 0 Å². The van der Waals surface area contributed by atoms with E-state index in [1.54, 1.807) is 0 Å². The van der Waals surface area contributed by atoms with Crippen molar-refractivity contribution in [3.05, 3.63) is 0 Å². The Labute approximate surface area is 82.4 Å². The molecule has 0 aromatic carbocycles. The largest absolute Gasteiger partial charge is 0.374 e. The molecule has 80 valence electrons. The van der Waals surface area contributed by atoms with Crippen LogP contribution in [0.15, 0.2) is 0 Å². The third-order valence-electron chi connectivity index (χ3n) is 1.29. The topological polar surface area (TPSA) is 21.3 Å². The van der Waals surface area contributed by atoms with Crippen LogP contribution in [0.2, 0.25) is 0 Å². The number of hydrogen-bond acceptors (Lipinski definition) is 3. The average Bonchev–Trinajstić information content (AvgIpc) is 2.09. The van der Waals surface area contributed by atoms with Crippen LogP contribution in [-0.4, -0.2) is 44.2 Å². The van der Waals surface area contributed by atoms with Gasteiger partial charge in [0.1, 0.15) is 6.61 Å². The van der Waals surface area contributed by atoms with Gasteiger partial charge in [0.25, 0.3) is 6.43 Å². The smallest absolute Gasteiger partial charge is 0.261 e. The summed E-state index contributed by atoms with van der Waals surface area (Å²) in [5, 5.41) is 3.10. The lowest BCUT2D eigenvalue weighted by Crippen LogP contribution is -2.23. The fourth-order valence-electron chi connectivity index (χ4n) is 0.730. The fourth-order valence-corrected chi connectivity index (χ4v) is 1.31. The van der Waals surface area contributed by atoms with Crippen LogP contribution >= 0.6 is 11.8 Å². The van der Waals surface area contributed by atoms with Gasteiger partial charge >= 0.3 is 0 Å². The van der Waals surface area contributed by atoms with Crippen LogP contribution in [0, 0.1) is 0 Å². The molecule has 0 atom stereocenters. The normalized spacial score (nSPS) is 11.1. The molecule has 0 bridgehead atoms. The predicted molar refractivity (Wildman–Crippen MR) is 52.7 cm³/mol. The van der Waals surface area contributed by atoms with E-state index in [1.807, 2.05) is 11.8 Å². The van der Waals surface area contributed by atoms with Gasteiger partial charge in [-0.2, -0.15) is 11.8 Å². The van der Waals surface area contributed by atoms with E-state index in [0.717, 1.165) is 18.1 Å². The Morgan fingerprint density at radius 3 is 2.77 bits per heavy atom. The van der Waals surface area contributed by atoms with Crippen molar-refractivity contribution in [2.75, 3.05) is 37.8 Å². The predicted octanol–water partition coefficient (Wildman–Crippen LogP) is 1.61. The van der Waals surface area contributed by atoms with Crippen molar-refractivity contribution in [2.24, 2.45) is 0 Å². The van der Waals surface area contributed by atoms with Gasteiger partial charge in [0.15, 0.2) is 0 Å². The molecule has 13 heavy (non-hydrogen) atoms. The van der Waals surface area contributed by atoms with Crippen LogP contribution in [0.3, 0.4) is 0 Å². The summed E-state index contributed by atoms with van der Waals surface area (Å²) in [5.41, 5.74) is 0. The van der Waals surface area contributed by atoms with Crippen molar-refractivity contribution in [2.45, 2.75) is 13.3 Å². The first-order valence-electron chi connectivity index (χ1n) is 4.41. The third-order valence-corrected chi connectivity index (χ3v) is 2.20. The molecule has 0 fully saturated rings. The van der Waals surface area contributed by atoms with Crippen molar-refractivity contribution < 1.29 is 13.5 Å². The van der Waals surface area contributed by atoms with Gasteiger partial charge in [-0.15, -0.1) is 0 Å². The molecule has 1 N–H and O–H groups in total. The highest BCUT2D eigenvalue weighted by Gasteiger charge is 2.00. The number of halogens is 2. The van der Waals surface area contributed by atoms with Crippen molar-refractivity contribution >= 4 is 11.8 Å². The van der Waals surface area contributed by atoms with Crippen LogP contribution in [0.4, 0.5) is 8.78 Å². The Morgan fingerprint density at radius 1 is 1.38 bits per heavy atom. The SMILES string of the molecule is CCSCCNCCOCC(F)F. The van der Waals surface area contributed by atoms with Gasteiger partial charge in [0.2, 0.25) is 0 Å². The van der Waals surface area contributed by atoms with E-state index in [0.29, 0.717) is 13.2 Å². The van der Waals surface area contributed by atoms with Crippen LogP contribution < -0.4 is 5.32 Å². The lowest BCUT2D eigenvalue weighted by Gasteiger charge is -2.04. The first kappa shape index (κ1) is 13.1. The van der Waals surface area contributed by atoms with Gasteiger partial charge < -0.3 is 10.1 Å². The summed E-state index contributed by atoms with van der Waals surface area (Å²) in [4.78, 5) is 0. The van der Waals surface area contributed by atoms with E-state index in [1.165, 1.54) is 0 Å². The number of thioether (sulfide) groups is 1. The Kier molecular flexibility index (Phi) is 10.3. The van der Waals surface area contributed by atoms with Crippen molar-refractivity contribution in [1.29, 1.82) is 0 Å². The molecule has 0 aliphatic heterocycles. The quantitative estimate of drug-likeness (QED) is 0.588. The number of ether oxygens (including phenoxy) is 1. The summed E-state index contributed by atoms with van der Waals surface area (Å²) in [6.07, 6.45) is -2.35. The average molecular weight is 213 g/mol. The zero-order valence-corrected chi connectivity index (χ0v) is 8.71. The summed E-state index contributed by atoms with van der Waals surface area (Å²) >= 11 is 1.85. The van der Waals surface area contributed by atoms with Crippen LogP contribution in [0.5, 0.6) is 0 Å². The first-order chi connectivity index (χ1) is 6.27. The molecule has 0 heterocycles. The summed E-state index contributed by atoms with van der Waals surface area (Å²) in [5.74, 6) is 2.18. The minimum absolute atomic E-state index is 0.362. The molecule has 0 aliphatic carbocycles. The van der Waals surface area contributed by atoms with Crippen molar-refractivity contribution in [3.8, 4) is 0 Å². The van der Waals surface area contributed by atoms with E-state index in [9.17, 15) is 8.78 Å². The Bertz CT molecular complexity index is 106. The number of alkyl halides is 2. The maximum atomic E-state index is 11.6. The summed E-state index contributed by atoms with van der Waals surface area (Å²) in [6.45, 7) is 3.58. The Balaban J connectivity index is 2.84. The van der Waals surface area contributed by atoms with Crippen molar-refractivity contribution in [1.82, 2.24) is 5.32 Å². The minimum Gasteiger partial charge on any atom is -0.374 e. The molecular formula is C8H17F2NOS. The molecule has 0 saturated heterocycles. The maximum absolute atomic E-state index is 11.6. The molecule has 0 aromatic rings. The van der Waals surface area contributed by atoms with Gasteiger partial charge in [0, 0.05) is 18.8 Å². The third kappa shape index (κ3) is 12.1. The standard InChI is InChI=1S/C8H17F2NOS/c1-2-13-6-4-11-3-5-12-7-8(9)10/h8,11H,2-7H2,1H3. The van der Waals surface area contributed by atoms with E-state index >= 15 is 0 Å². The van der Waals surface area contributed by atoms with E-state index in [2.05, 4.69) is 17.0 Å². The van der Waals surface area contributed by atoms with E-state index < -0.39 is 13.0 Å². The molecule has 5 heteroatoms. The molecule has 0 saturated carbocycles. The van der Waals surface area contributed by atoms with Crippen molar-refractivity contribution in [3.63, 3.8) is 0 Å². The summed E-state index contributed by atoms with van der Waals surface area (Å²) in [6, 6.07) is 0. The van der Waals surface area contributed by atoms with Crippen LogP contribution in [0.1, 0.15) is 6.92 Å². The Hall–Kier alpha value is 0.130. The van der Waals surface area contributed by atoms with Gasteiger partial charge in [-0.1, -0.05) is 6.92 Å². The second-order valence-electron chi connectivity index (χ2n) is 2.41. The summed E-state index contributed by atoms with van der Waals surface area (Å²) < 4.78 is 27.8. The number of rotatable bonds is 9. The molecular weight excluding hydrogens is 196 g/mol. The van der Waals surface area contributed by atoms with E-state index in [-0.39, 0.29) is 0 Å². The monoisotopic (exact) mass is 213 g/mol. The van der Waals surface area contributed by atoms with Crippen LogP contribution in [-0.2, 0) is 4.74 Å². The van der Waals surface area contributed by atoms with Gasteiger partial charge in [0.05, 0.1) is 6.61 Å².